The molecule has 0 aliphatic carbocycles. The van der Waals surface area contributed by atoms with Gasteiger partial charge in [0.25, 0.3) is 6.29 Å². The minimum absolute atomic E-state index is 0. The normalized spacial score (nSPS) is 13.7. The minimum Gasteiger partial charge on any atom is -0.427 e. The van der Waals surface area contributed by atoms with Crippen molar-refractivity contribution in [2.45, 2.75) is 26.4 Å². The Labute approximate surface area is 82.1 Å². The van der Waals surface area contributed by atoms with Crippen molar-refractivity contribution >= 4 is 5.97 Å². The van der Waals surface area contributed by atoms with E-state index in [2.05, 4.69) is 16.1 Å². The van der Waals surface area contributed by atoms with Crippen LogP contribution in [0.3, 0.4) is 0 Å². The lowest BCUT2D eigenvalue weighted by Crippen LogP contribution is -2.33. The third-order valence-electron chi connectivity index (χ3n) is 1.16. The SMILES string of the molecule is C=C(C)C(=O)OC(O)C(O)OCC.O. The number of hydrogen-bond donors (Lipinski definition) is 2. The summed E-state index contributed by atoms with van der Waals surface area (Å²) in [5, 5.41) is 18.0. The van der Waals surface area contributed by atoms with Gasteiger partial charge in [0.2, 0.25) is 6.29 Å². The molecular weight excluding hydrogens is 192 g/mol. The van der Waals surface area contributed by atoms with Gasteiger partial charge in [0.15, 0.2) is 0 Å². The van der Waals surface area contributed by atoms with E-state index in [1.54, 1.807) is 6.92 Å². The predicted molar refractivity (Wildman–Crippen MR) is 48.2 cm³/mol. The van der Waals surface area contributed by atoms with E-state index in [1.807, 2.05) is 0 Å². The van der Waals surface area contributed by atoms with Crippen LogP contribution in [0.5, 0.6) is 0 Å². The second-order valence-corrected chi connectivity index (χ2v) is 2.42. The first kappa shape index (κ1) is 15.5. The predicted octanol–water partition coefficient (Wildman–Crippen LogP) is -1.05. The Morgan fingerprint density at radius 2 is 1.93 bits per heavy atom. The summed E-state index contributed by atoms with van der Waals surface area (Å²) < 4.78 is 8.95. The zero-order valence-electron chi connectivity index (χ0n) is 8.19. The van der Waals surface area contributed by atoms with Crippen molar-refractivity contribution in [3.8, 4) is 0 Å². The molecule has 0 amide bonds. The van der Waals surface area contributed by atoms with E-state index in [1.165, 1.54) is 6.92 Å². The lowest BCUT2D eigenvalue weighted by atomic mass is 10.4. The maximum absolute atomic E-state index is 10.8. The Bertz CT molecular complexity index is 190. The van der Waals surface area contributed by atoms with E-state index < -0.39 is 18.5 Å². The van der Waals surface area contributed by atoms with Gasteiger partial charge in [0.05, 0.1) is 0 Å². The number of aliphatic hydroxyl groups excluding tert-OH is 2. The average Bonchev–Trinajstić information content (AvgIpc) is 2.04. The number of aliphatic hydroxyl groups is 2. The molecule has 0 saturated carbocycles. The monoisotopic (exact) mass is 208 g/mol. The molecule has 0 aliphatic heterocycles. The molecule has 6 nitrogen and oxygen atoms in total. The van der Waals surface area contributed by atoms with Crippen molar-refractivity contribution in [1.29, 1.82) is 0 Å². The number of ether oxygens (including phenoxy) is 2. The molecule has 0 aromatic heterocycles. The molecule has 0 fully saturated rings. The van der Waals surface area contributed by atoms with Gasteiger partial charge in [-0.1, -0.05) is 6.58 Å². The molecule has 2 unspecified atom stereocenters. The lowest BCUT2D eigenvalue weighted by Gasteiger charge is -2.17. The molecular formula is C8H16O6. The summed E-state index contributed by atoms with van der Waals surface area (Å²) in [6, 6.07) is 0. The molecule has 0 saturated heterocycles. The minimum atomic E-state index is -1.68. The maximum Gasteiger partial charge on any atom is 0.335 e. The molecule has 0 rings (SSSR count). The molecule has 0 aromatic carbocycles. The fourth-order valence-electron chi connectivity index (χ4n) is 0.522. The molecule has 0 spiro atoms. The highest BCUT2D eigenvalue weighted by atomic mass is 16.7. The van der Waals surface area contributed by atoms with Crippen molar-refractivity contribution in [3.63, 3.8) is 0 Å². The van der Waals surface area contributed by atoms with Crippen molar-refractivity contribution in [1.82, 2.24) is 0 Å². The van der Waals surface area contributed by atoms with Gasteiger partial charge in [0.1, 0.15) is 0 Å². The quantitative estimate of drug-likeness (QED) is 0.340. The van der Waals surface area contributed by atoms with E-state index in [0.29, 0.717) is 0 Å². The topological polar surface area (TPSA) is 107 Å². The number of esters is 1. The summed E-state index contributed by atoms with van der Waals surface area (Å²) in [4.78, 5) is 10.8. The summed E-state index contributed by atoms with van der Waals surface area (Å²) in [6.07, 6.45) is -3.20. The molecule has 84 valence electrons. The van der Waals surface area contributed by atoms with E-state index in [4.69, 9.17) is 10.2 Å². The molecule has 0 radical (unpaired) electrons. The standard InChI is InChI=1S/C8H14O5.H2O/c1-4-12-7(10)8(11)13-6(9)5(2)3;/h7-8,10-11H,2,4H2,1,3H3;1H2. The summed E-state index contributed by atoms with van der Waals surface area (Å²) in [5.74, 6) is -0.772. The van der Waals surface area contributed by atoms with Crippen LogP contribution in [-0.4, -0.2) is 40.8 Å². The van der Waals surface area contributed by atoms with E-state index in [9.17, 15) is 4.79 Å². The number of carbonyl (C=O) groups excluding carboxylic acids is 1. The highest BCUT2D eigenvalue weighted by molar-refractivity contribution is 5.86. The fraction of sp³-hybridized carbons (Fsp3) is 0.625. The first-order valence-corrected chi connectivity index (χ1v) is 3.83. The molecule has 4 N–H and O–H groups in total. The smallest absolute Gasteiger partial charge is 0.335 e. The number of carbonyl (C=O) groups is 1. The van der Waals surface area contributed by atoms with E-state index in [-0.39, 0.29) is 17.7 Å². The van der Waals surface area contributed by atoms with Gasteiger partial charge in [-0.2, -0.15) is 0 Å². The van der Waals surface area contributed by atoms with Crippen LogP contribution in [0.25, 0.3) is 0 Å². The lowest BCUT2D eigenvalue weighted by molar-refractivity contribution is -0.242. The van der Waals surface area contributed by atoms with Gasteiger partial charge in [-0.3, -0.25) is 0 Å². The highest BCUT2D eigenvalue weighted by Crippen LogP contribution is 2.01. The summed E-state index contributed by atoms with van der Waals surface area (Å²) in [6.45, 7) is 6.58. The van der Waals surface area contributed by atoms with Crippen LogP contribution in [0.4, 0.5) is 0 Å². The maximum atomic E-state index is 10.8. The zero-order valence-corrected chi connectivity index (χ0v) is 8.19. The Balaban J connectivity index is 0. The van der Waals surface area contributed by atoms with Crippen LogP contribution >= 0.6 is 0 Å². The van der Waals surface area contributed by atoms with Crippen LogP contribution in [0, 0.1) is 0 Å². The van der Waals surface area contributed by atoms with Crippen molar-refractivity contribution in [3.05, 3.63) is 12.2 Å². The zero-order chi connectivity index (χ0) is 10.4. The van der Waals surface area contributed by atoms with Crippen molar-refractivity contribution in [2.24, 2.45) is 0 Å². The first-order chi connectivity index (χ1) is 5.99. The third kappa shape index (κ3) is 5.65. The second-order valence-electron chi connectivity index (χ2n) is 2.42. The van der Waals surface area contributed by atoms with Crippen LogP contribution in [0.2, 0.25) is 0 Å². The van der Waals surface area contributed by atoms with Gasteiger partial charge in [-0.05, 0) is 13.8 Å². The van der Waals surface area contributed by atoms with Gasteiger partial charge in [-0.25, -0.2) is 4.79 Å². The van der Waals surface area contributed by atoms with Crippen LogP contribution in [0.15, 0.2) is 12.2 Å². The molecule has 0 aliphatic rings. The first-order valence-electron chi connectivity index (χ1n) is 3.83. The van der Waals surface area contributed by atoms with Gasteiger partial charge < -0.3 is 25.2 Å². The van der Waals surface area contributed by atoms with Gasteiger partial charge in [-0.15, -0.1) is 0 Å². The molecule has 0 aromatic rings. The van der Waals surface area contributed by atoms with E-state index in [0.717, 1.165) is 0 Å². The Morgan fingerprint density at radius 3 is 2.29 bits per heavy atom. The van der Waals surface area contributed by atoms with Crippen LogP contribution in [-0.2, 0) is 14.3 Å². The molecule has 2 atom stereocenters. The molecule has 0 heterocycles. The average molecular weight is 208 g/mol. The van der Waals surface area contributed by atoms with Crippen LogP contribution in [0.1, 0.15) is 13.8 Å². The van der Waals surface area contributed by atoms with Crippen LogP contribution < -0.4 is 0 Å². The molecule has 6 heteroatoms. The highest BCUT2D eigenvalue weighted by Gasteiger charge is 2.20. The summed E-state index contributed by atoms with van der Waals surface area (Å²) >= 11 is 0. The Kier molecular flexibility index (Phi) is 8.26. The largest absolute Gasteiger partial charge is 0.427 e. The number of hydrogen-bond acceptors (Lipinski definition) is 5. The summed E-state index contributed by atoms with van der Waals surface area (Å²) in [7, 11) is 0. The third-order valence-corrected chi connectivity index (χ3v) is 1.16. The molecule has 0 bridgehead atoms. The summed E-state index contributed by atoms with van der Waals surface area (Å²) in [5.41, 5.74) is 0.141. The van der Waals surface area contributed by atoms with Crippen molar-refractivity contribution < 1.29 is 30.0 Å². The Hall–Kier alpha value is -0.950. The van der Waals surface area contributed by atoms with Gasteiger partial charge in [0, 0.05) is 12.2 Å². The second kappa shape index (κ2) is 7.45. The van der Waals surface area contributed by atoms with Gasteiger partial charge >= 0.3 is 5.97 Å². The van der Waals surface area contributed by atoms with Crippen molar-refractivity contribution in [2.75, 3.05) is 6.61 Å². The Morgan fingerprint density at radius 1 is 1.43 bits per heavy atom. The molecule has 14 heavy (non-hydrogen) atoms. The fourth-order valence-corrected chi connectivity index (χ4v) is 0.522. The number of rotatable bonds is 5. The van der Waals surface area contributed by atoms with E-state index >= 15 is 0 Å².